The molecular formula is C36H29N3O5S. The molecule has 0 N–H and O–H groups in total. The molecule has 4 aromatic carbocycles. The number of aromatic nitrogens is 1. The molecular weight excluding hydrogens is 586 g/mol. The molecule has 8 nitrogen and oxygen atoms in total. The van der Waals surface area contributed by atoms with E-state index in [1.807, 2.05) is 91.0 Å². The number of amides is 1. The van der Waals surface area contributed by atoms with Gasteiger partial charge in [-0.05, 0) is 42.3 Å². The number of nitrogens with zero attached hydrogens (tertiary/aromatic N) is 3. The predicted molar refractivity (Wildman–Crippen MR) is 174 cm³/mol. The highest BCUT2D eigenvalue weighted by atomic mass is 32.1. The first-order chi connectivity index (χ1) is 21.9. The van der Waals surface area contributed by atoms with Gasteiger partial charge >= 0.3 is 5.97 Å². The molecule has 7 rings (SSSR count). The van der Waals surface area contributed by atoms with Crippen LogP contribution in [0.2, 0.25) is 0 Å². The van der Waals surface area contributed by atoms with E-state index >= 15 is 0 Å². The van der Waals surface area contributed by atoms with Gasteiger partial charge in [0.1, 0.15) is 16.3 Å². The zero-order valence-corrected chi connectivity index (χ0v) is 25.8. The van der Waals surface area contributed by atoms with Crippen LogP contribution in [0.5, 0.6) is 5.75 Å². The molecule has 0 saturated heterocycles. The van der Waals surface area contributed by atoms with E-state index in [1.54, 1.807) is 25.9 Å². The summed E-state index contributed by atoms with van der Waals surface area (Å²) in [6.45, 7) is 4.00. The largest absolute Gasteiger partial charge is 0.496 e. The first kappa shape index (κ1) is 28.5. The molecule has 5 aromatic rings. The van der Waals surface area contributed by atoms with E-state index in [0.717, 1.165) is 33.4 Å². The van der Waals surface area contributed by atoms with Crippen molar-refractivity contribution in [3.8, 4) is 5.75 Å². The van der Waals surface area contributed by atoms with E-state index in [-0.39, 0.29) is 22.6 Å². The van der Waals surface area contributed by atoms with Crippen molar-refractivity contribution in [2.75, 3.05) is 18.6 Å². The van der Waals surface area contributed by atoms with Crippen LogP contribution >= 0.6 is 11.3 Å². The van der Waals surface area contributed by atoms with Crippen LogP contribution < -0.4 is 24.5 Å². The van der Waals surface area contributed by atoms with Gasteiger partial charge in [0.25, 0.3) is 11.5 Å². The summed E-state index contributed by atoms with van der Waals surface area (Å²) in [5.74, 6) is -0.302. The lowest BCUT2D eigenvalue weighted by Crippen LogP contribution is -2.41. The Morgan fingerprint density at radius 2 is 1.67 bits per heavy atom. The molecule has 1 aromatic heterocycles. The second-order valence-corrected chi connectivity index (χ2v) is 11.8. The maximum atomic E-state index is 14.7. The fraction of sp³-hybridized carbons (Fsp3) is 0.167. The number of rotatable bonds is 6. The lowest BCUT2D eigenvalue weighted by Gasteiger charge is -2.27. The van der Waals surface area contributed by atoms with Crippen LogP contribution in [0.25, 0.3) is 16.3 Å². The lowest BCUT2D eigenvalue weighted by molar-refractivity contribution is -0.139. The number of allylic oxidation sites excluding steroid dienone is 1. The second-order valence-electron chi connectivity index (χ2n) is 10.8. The number of carbonyl (C=O) groups excluding carboxylic acids is 2. The van der Waals surface area contributed by atoms with Gasteiger partial charge in [-0.25, -0.2) is 9.79 Å². The number of esters is 1. The molecule has 1 atom stereocenters. The normalized spacial score (nSPS) is 16.8. The van der Waals surface area contributed by atoms with Crippen LogP contribution in [0.4, 0.5) is 5.69 Å². The molecule has 9 heteroatoms. The van der Waals surface area contributed by atoms with E-state index in [1.165, 1.54) is 4.57 Å². The summed E-state index contributed by atoms with van der Waals surface area (Å²) >= 11 is 1.16. The summed E-state index contributed by atoms with van der Waals surface area (Å²) in [5, 5.41) is 1.75. The number of para-hydroxylation sites is 1. The van der Waals surface area contributed by atoms with Crippen LogP contribution in [0.15, 0.2) is 112 Å². The topological polar surface area (TPSA) is 90.2 Å². The average molecular weight is 616 g/mol. The second kappa shape index (κ2) is 11.3. The van der Waals surface area contributed by atoms with Crippen LogP contribution in [-0.2, 0) is 20.9 Å². The van der Waals surface area contributed by atoms with Gasteiger partial charge in [0.2, 0.25) is 0 Å². The van der Waals surface area contributed by atoms with Crippen molar-refractivity contribution in [1.29, 1.82) is 0 Å². The molecule has 0 bridgehead atoms. The van der Waals surface area contributed by atoms with Gasteiger partial charge in [0.05, 0.1) is 42.8 Å². The molecule has 2 aliphatic rings. The van der Waals surface area contributed by atoms with Gasteiger partial charge in [0.15, 0.2) is 4.80 Å². The minimum Gasteiger partial charge on any atom is -0.496 e. The van der Waals surface area contributed by atoms with Crippen molar-refractivity contribution >= 4 is 45.2 Å². The van der Waals surface area contributed by atoms with Gasteiger partial charge in [-0.2, -0.15) is 0 Å². The van der Waals surface area contributed by atoms with Crippen molar-refractivity contribution in [3.63, 3.8) is 0 Å². The molecule has 2 aliphatic heterocycles. The van der Waals surface area contributed by atoms with E-state index in [2.05, 4.69) is 0 Å². The summed E-state index contributed by atoms with van der Waals surface area (Å²) in [7, 11) is 1.56. The van der Waals surface area contributed by atoms with Crippen molar-refractivity contribution in [2.24, 2.45) is 4.99 Å². The number of methoxy groups -OCH3 is 1. The fourth-order valence-electron chi connectivity index (χ4n) is 6.27. The van der Waals surface area contributed by atoms with Crippen molar-refractivity contribution in [2.45, 2.75) is 26.4 Å². The number of fused-ring (bicyclic) bond motifs is 3. The van der Waals surface area contributed by atoms with Crippen molar-refractivity contribution in [1.82, 2.24) is 4.57 Å². The number of hydrogen-bond acceptors (Lipinski definition) is 7. The van der Waals surface area contributed by atoms with Gasteiger partial charge in [-0.1, -0.05) is 90.2 Å². The maximum Gasteiger partial charge on any atom is 0.338 e. The average Bonchev–Trinajstić information content (AvgIpc) is 3.52. The highest BCUT2D eigenvalue weighted by molar-refractivity contribution is 7.07. The van der Waals surface area contributed by atoms with E-state index in [0.29, 0.717) is 39.5 Å². The quantitative estimate of drug-likeness (QED) is 0.254. The Balaban J connectivity index is 1.52. The van der Waals surface area contributed by atoms with Gasteiger partial charge in [0, 0.05) is 11.1 Å². The predicted octanol–water partition coefficient (Wildman–Crippen LogP) is 4.88. The highest BCUT2D eigenvalue weighted by Crippen LogP contribution is 2.41. The summed E-state index contributed by atoms with van der Waals surface area (Å²) in [4.78, 5) is 49.3. The summed E-state index contributed by atoms with van der Waals surface area (Å²) in [6, 6.07) is 27.9. The van der Waals surface area contributed by atoms with Crippen LogP contribution in [0.1, 0.15) is 36.6 Å². The first-order valence-electron chi connectivity index (χ1n) is 14.7. The molecule has 0 fully saturated rings. The van der Waals surface area contributed by atoms with Gasteiger partial charge in [-0.15, -0.1) is 0 Å². The lowest BCUT2D eigenvalue weighted by atomic mass is 9.90. The standard InChI is InChI=1S/C36H29N3O5S/c1-4-44-35(42)28-21(2)37-36-39(31(28)29-24-15-9-8-14-23(24)18-19-27(29)43-3)34(41)32(45-36)30-25-16-10-11-17-26(25)38(33(30)40)20-22-12-6-5-7-13-22/h5-19,31H,4,20H2,1-3H3/b32-30-/t31-/m1/s1. The Kier molecular flexibility index (Phi) is 7.17. The Morgan fingerprint density at radius 1 is 0.933 bits per heavy atom. The highest BCUT2D eigenvalue weighted by Gasteiger charge is 2.39. The first-order valence-corrected chi connectivity index (χ1v) is 15.5. The smallest absolute Gasteiger partial charge is 0.338 e. The van der Waals surface area contributed by atoms with E-state index < -0.39 is 17.6 Å². The molecule has 3 heterocycles. The summed E-state index contributed by atoms with van der Waals surface area (Å²) in [5.41, 5.74) is 3.65. The SMILES string of the molecule is CCOC(=O)C1=C(C)N=c2s/c(=C3\C(=O)N(Cc4ccccc4)c4ccccc43)c(=O)n2[C@H]1c1c(OC)ccc2ccccc12. The summed E-state index contributed by atoms with van der Waals surface area (Å²) in [6.07, 6.45) is 0. The van der Waals surface area contributed by atoms with Gasteiger partial charge < -0.3 is 14.4 Å². The third-order valence-corrected chi connectivity index (χ3v) is 9.30. The number of thiazole rings is 1. The Morgan fingerprint density at radius 3 is 2.44 bits per heavy atom. The molecule has 0 unspecified atom stereocenters. The third kappa shape index (κ3) is 4.58. The molecule has 0 spiro atoms. The molecule has 0 saturated carbocycles. The zero-order chi connectivity index (χ0) is 31.2. The Labute approximate surface area is 262 Å². The third-order valence-electron chi connectivity index (χ3n) is 8.25. The minimum absolute atomic E-state index is 0.159. The molecule has 45 heavy (non-hydrogen) atoms. The van der Waals surface area contributed by atoms with Crippen LogP contribution in [0.3, 0.4) is 0 Å². The summed E-state index contributed by atoms with van der Waals surface area (Å²) < 4.78 is 13.1. The molecule has 0 aliphatic carbocycles. The fourth-order valence-corrected chi connectivity index (χ4v) is 7.41. The number of ether oxygens (including phenoxy) is 2. The number of benzene rings is 4. The molecule has 1 amide bonds. The zero-order valence-electron chi connectivity index (χ0n) is 24.9. The minimum atomic E-state index is -0.900. The molecule has 224 valence electrons. The van der Waals surface area contributed by atoms with Crippen molar-refractivity contribution < 1.29 is 19.1 Å². The number of anilines is 1. The van der Waals surface area contributed by atoms with Crippen molar-refractivity contribution in [3.05, 3.63) is 139 Å². The van der Waals surface area contributed by atoms with Gasteiger partial charge in [-0.3, -0.25) is 14.2 Å². The van der Waals surface area contributed by atoms with Crippen LogP contribution in [-0.4, -0.2) is 30.2 Å². The van der Waals surface area contributed by atoms with Crippen LogP contribution in [0, 0.1) is 0 Å². The number of carbonyl (C=O) groups is 2. The Hall–Kier alpha value is -5.28. The number of hydrogen-bond donors (Lipinski definition) is 0. The van der Waals surface area contributed by atoms with E-state index in [9.17, 15) is 14.4 Å². The molecule has 0 radical (unpaired) electrons. The maximum absolute atomic E-state index is 14.7. The Bertz CT molecular complexity index is 2230. The van der Waals surface area contributed by atoms with E-state index in [4.69, 9.17) is 14.5 Å². The monoisotopic (exact) mass is 615 g/mol.